The predicted molar refractivity (Wildman–Crippen MR) is 109 cm³/mol. The van der Waals surface area contributed by atoms with E-state index in [0.29, 0.717) is 0 Å². The third kappa shape index (κ3) is 4.05. The Bertz CT molecular complexity index is 932. The number of ether oxygens (including phenoxy) is 1. The number of benzene rings is 1. The van der Waals surface area contributed by atoms with E-state index in [1.165, 1.54) is 0 Å². The van der Waals surface area contributed by atoms with Crippen LogP contribution in [0.3, 0.4) is 0 Å². The van der Waals surface area contributed by atoms with Crippen molar-refractivity contribution < 1.29 is 9.53 Å². The van der Waals surface area contributed by atoms with Gasteiger partial charge < -0.3 is 15.0 Å². The number of aryl methyl sites for hydroxylation is 1. The quantitative estimate of drug-likeness (QED) is 0.674. The van der Waals surface area contributed by atoms with Crippen LogP contribution in [-0.4, -0.2) is 47.4 Å². The summed E-state index contributed by atoms with van der Waals surface area (Å²) in [6, 6.07) is 7.88. The van der Waals surface area contributed by atoms with Crippen LogP contribution >= 0.6 is 11.3 Å². The van der Waals surface area contributed by atoms with Crippen molar-refractivity contribution in [3.63, 3.8) is 0 Å². The second-order valence-corrected chi connectivity index (χ2v) is 7.55. The van der Waals surface area contributed by atoms with Crippen molar-refractivity contribution in [3.05, 3.63) is 30.0 Å². The molecular weight excluding hydrogens is 362 g/mol. The minimum Gasteiger partial charge on any atom is -0.497 e. The van der Waals surface area contributed by atoms with Crippen LogP contribution in [0.4, 0.5) is 5.13 Å². The van der Waals surface area contributed by atoms with Crippen LogP contribution in [0.15, 0.2) is 24.3 Å². The minimum absolute atomic E-state index is 0.000362. The molecule has 1 N–H and O–H groups in total. The maximum Gasteiger partial charge on any atom is 0.239 e. The van der Waals surface area contributed by atoms with Gasteiger partial charge in [0.1, 0.15) is 5.75 Å². The molecule has 1 atom stereocenters. The van der Waals surface area contributed by atoms with Gasteiger partial charge in [0.15, 0.2) is 10.8 Å². The summed E-state index contributed by atoms with van der Waals surface area (Å²) in [5.74, 6) is 0.796. The zero-order valence-electron chi connectivity index (χ0n) is 16.3. The summed E-state index contributed by atoms with van der Waals surface area (Å²) >= 11 is 1.55. The Morgan fingerprint density at radius 3 is 2.70 bits per heavy atom. The van der Waals surface area contributed by atoms with Gasteiger partial charge in [-0.3, -0.25) is 4.79 Å². The summed E-state index contributed by atoms with van der Waals surface area (Å²) in [4.78, 5) is 18.8. The number of aromatic nitrogens is 3. The molecule has 1 amide bonds. The Labute approximate surface area is 163 Å². The number of carbonyl (C=O) groups excluding carboxylic acids is 1. The van der Waals surface area contributed by atoms with Crippen molar-refractivity contribution >= 4 is 32.7 Å². The van der Waals surface area contributed by atoms with E-state index in [0.717, 1.165) is 39.0 Å². The smallest absolute Gasteiger partial charge is 0.239 e. The number of nitrogens with one attached hydrogen (secondary N) is 1. The largest absolute Gasteiger partial charge is 0.497 e. The zero-order valence-corrected chi connectivity index (χ0v) is 17.1. The van der Waals surface area contributed by atoms with Gasteiger partial charge in [-0.15, -0.1) is 0 Å². The van der Waals surface area contributed by atoms with Crippen LogP contribution in [-0.2, 0) is 4.79 Å². The molecule has 2 heterocycles. The third-order valence-electron chi connectivity index (χ3n) is 4.42. The van der Waals surface area contributed by atoms with Crippen molar-refractivity contribution in [1.29, 1.82) is 0 Å². The second kappa shape index (κ2) is 7.96. The van der Waals surface area contributed by atoms with Gasteiger partial charge in [0.05, 0.1) is 29.7 Å². The highest BCUT2D eigenvalue weighted by atomic mass is 32.1. The lowest BCUT2D eigenvalue weighted by Gasteiger charge is -2.17. The molecule has 0 aliphatic carbocycles. The van der Waals surface area contributed by atoms with Gasteiger partial charge in [-0.1, -0.05) is 18.3 Å². The third-order valence-corrected chi connectivity index (χ3v) is 5.69. The number of carbonyl (C=O) groups is 1. The molecule has 0 bridgehead atoms. The molecule has 0 fully saturated rings. The molecule has 3 aromatic rings. The molecule has 0 unspecified atom stereocenters. The molecule has 3 rings (SSSR count). The lowest BCUT2D eigenvalue weighted by Crippen LogP contribution is -2.39. The molecule has 0 saturated carbocycles. The fraction of sp³-hybridized carbons (Fsp3) is 0.421. The van der Waals surface area contributed by atoms with E-state index in [4.69, 9.17) is 9.72 Å². The van der Waals surface area contributed by atoms with Gasteiger partial charge in [0.2, 0.25) is 5.91 Å². The topological polar surface area (TPSA) is 72.3 Å². The van der Waals surface area contributed by atoms with Crippen molar-refractivity contribution in [1.82, 2.24) is 20.1 Å². The lowest BCUT2D eigenvalue weighted by atomic mass is 10.2. The molecule has 8 heteroatoms. The fourth-order valence-corrected chi connectivity index (χ4v) is 3.64. The number of methoxy groups -OCH3 is 1. The summed E-state index contributed by atoms with van der Waals surface area (Å²) in [6.45, 7) is 6.30. The van der Waals surface area contributed by atoms with Crippen molar-refractivity contribution in [3.8, 4) is 11.4 Å². The van der Waals surface area contributed by atoms with E-state index < -0.39 is 0 Å². The number of nitrogens with zero attached hydrogens (tertiary/aromatic N) is 4. The first-order chi connectivity index (χ1) is 12.9. The summed E-state index contributed by atoms with van der Waals surface area (Å²) in [6.07, 6.45) is 0.910. The van der Waals surface area contributed by atoms with E-state index >= 15 is 0 Å². The SMILES string of the molecule is CC[C@H](C)NC(=O)CN(C)c1nc2c(s1)c(C)nn2-c1ccc(OC)cc1. The van der Waals surface area contributed by atoms with Gasteiger partial charge in [-0.2, -0.15) is 10.1 Å². The Balaban J connectivity index is 1.85. The number of fused-ring (bicyclic) bond motifs is 1. The highest BCUT2D eigenvalue weighted by Crippen LogP contribution is 2.32. The normalized spacial score (nSPS) is 12.2. The summed E-state index contributed by atoms with van der Waals surface area (Å²) in [5.41, 5.74) is 2.64. The number of thiazole rings is 1. The predicted octanol–water partition coefficient (Wildman–Crippen LogP) is 3.15. The van der Waals surface area contributed by atoms with Gasteiger partial charge in [0.25, 0.3) is 0 Å². The first kappa shape index (κ1) is 19.2. The first-order valence-electron chi connectivity index (χ1n) is 8.94. The number of hydrogen-bond donors (Lipinski definition) is 1. The van der Waals surface area contributed by atoms with Crippen LogP contribution in [0.5, 0.6) is 5.75 Å². The fourth-order valence-electron chi connectivity index (χ4n) is 2.70. The molecular formula is C19H25N5O2S. The number of amides is 1. The molecule has 0 aliphatic heterocycles. The van der Waals surface area contributed by atoms with Crippen LogP contribution in [0.25, 0.3) is 16.0 Å². The number of anilines is 1. The average Bonchev–Trinajstić information content (AvgIpc) is 3.22. The van der Waals surface area contributed by atoms with E-state index in [1.54, 1.807) is 18.4 Å². The standard InChI is InChI=1S/C19H25N5O2S/c1-6-12(2)20-16(25)11-23(4)19-21-18-17(27-19)13(3)22-24(18)14-7-9-15(26-5)10-8-14/h7-10,12H,6,11H2,1-5H3,(H,20,25)/t12-/m0/s1. The minimum atomic E-state index is -0.000362. The van der Waals surface area contributed by atoms with Crippen molar-refractivity contribution in [2.24, 2.45) is 0 Å². The first-order valence-corrected chi connectivity index (χ1v) is 9.75. The summed E-state index contributed by atoms with van der Waals surface area (Å²) < 4.78 is 8.07. The van der Waals surface area contributed by atoms with Gasteiger partial charge in [-0.25, -0.2) is 4.68 Å². The summed E-state index contributed by atoms with van der Waals surface area (Å²) in [7, 11) is 3.53. The Morgan fingerprint density at radius 1 is 1.37 bits per heavy atom. The van der Waals surface area contributed by atoms with Crippen LogP contribution < -0.4 is 15.0 Å². The highest BCUT2D eigenvalue weighted by Gasteiger charge is 2.18. The number of rotatable bonds is 7. The number of hydrogen-bond acceptors (Lipinski definition) is 6. The van der Waals surface area contributed by atoms with E-state index in [-0.39, 0.29) is 18.5 Å². The summed E-state index contributed by atoms with van der Waals surface area (Å²) in [5, 5.41) is 8.40. The van der Waals surface area contributed by atoms with Crippen LogP contribution in [0.1, 0.15) is 26.0 Å². The Morgan fingerprint density at radius 2 is 2.07 bits per heavy atom. The number of likely N-dealkylation sites (N-methyl/N-ethyl adjacent to an activating group) is 1. The molecule has 2 aromatic heterocycles. The Kier molecular flexibility index (Phi) is 5.65. The Hall–Kier alpha value is -2.61. The van der Waals surface area contributed by atoms with Crippen molar-refractivity contribution in [2.75, 3.05) is 25.6 Å². The van der Waals surface area contributed by atoms with Crippen LogP contribution in [0, 0.1) is 6.92 Å². The molecule has 1 aromatic carbocycles. The van der Waals surface area contributed by atoms with Gasteiger partial charge in [0, 0.05) is 13.1 Å². The second-order valence-electron chi connectivity index (χ2n) is 6.58. The molecule has 0 saturated heterocycles. The van der Waals surface area contributed by atoms with Crippen LogP contribution in [0.2, 0.25) is 0 Å². The van der Waals surface area contributed by atoms with Gasteiger partial charge >= 0.3 is 0 Å². The van der Waals surface area contributed by atoms with E-state index in [9.17, 15) is 4.79 Å². The van der Waals surface area contributed by atoms with Gasteiger partial charge in [-0.05, 0) is 44.5 Å². The molecule has 27 heavy (non-hydrogen) atoms. The maximum absolute atomic E-state index is 12.2. The zero-order chi connectivity index (χ0) is 19.6. The molecule has 0 spiro atoms. The van der Waals surface area contributed by atoms with E-state index in [2.05, 4.69) is 17.3 Å². The molecule has 144 valence electrons. The molecule has 7 nitrogen and oxygen atoms in total. The van der Waals surface area contributed by atoms with Crippen molar-refractivity contribution in [2.45, 2.75) is 33.2 Å². The van der Waals surface area contributed by atoms with E-state index in [1.807, 2.05) is 54.7 Å². The maximum atomic E-state index is 12.2. The molecule has 0 radical (unpaired) electrons. The molecule has 0 aliphatic rings. The lowest BCUT2D eigenvalue weighted by molar-refractivity contribution is -0.120. The highest BCUT2D eigenvalue weighted by molar-refractivity contribution is 7.22. The monoisotopic (exact) mass is 387 g/mol. The average molecular weight is 388 g/mol.